The third-order valence-corrected chi connectivity index (χ3v) is 9.22. The highest BCUT2D eigenvalue weighted by molar-refractivity contribution is 7.89. The minimum atomic E-state index is -4.81. The molecule has 45 heavy (non-hydrogen) atoms. The second kappa shape index (κ2) is 13.0. The molecule has 0 spiro atoms. The zero-order valence-electron chi connectivity index (χ0n) is 24.0. The van der Waals surface area contributed by atoms with Crippen molar-refractivity contribution in [1.29, 1.82) is 5.26 Å². The molecule has 1 aliphatic heterocycles. The van der Waals surface area contributed by atoms with Gasteiger partial charge in [0.25, 0.3) is 5.91 Å². The van der Waals surface area contributed by atoms with Crippen molar-refractivity contribution in [2.45, 2.75) is 37.1 Å². The molecule has 0 bridgehead atoms. The van der Waals surface area contributed by atoms with Crippen LogP contribution in [0, 0.1) is 18.3 Å². The van der Waals surface area contributed by atoms with Crippen LogP contribution in [0.1, 0.15) is 34.3 Å². The van der Waals surface area contributed by atoms with E-state index in [1.807, 2.05) is 19.1 Å². The van der Waals surface area contributed by atoms with Crippen LogP contribution in [0.15, 0.2) is 95.9 Å². The van der Waals surface area contributed by atoms with Crippen LogP contribution in [0.25, 0.3) is 11.1 Å². The van der Waals surface area contributed by atoms with Gasteiger partial charge in [0.1, 0.15) is 17.6 Å². The lowest BCUT2D eigenvalue weighted by atomic mass is 9.94. The minimum absolute atomic E-state index is 0.133. The predicted octanol–water partition coefficient (Wildman–Crippen LogP) is 6.92. The number of hydrogen-bond acceptors (Lipinski definition) is 6. The molecule has 4 aromatic rings. The molecule has 0 atom stereocenters. The zero-order chi connectivity index (χ0) is 32.2. The van der Waals surface area contributed by atoms with Crippen molar-refractivity contribution in [3.8, 4) is 28.7 Å². The van der Waals surface area contributed by atoms with Crippen molar-refractivity contribution in [1.82, 2.24) is 4.31 Å². The Bertz CT molecular complexity index is 1830. The lowest BCUT2D eigenvalue weighted by Gasteiger charge is -2.31. The number of aryl methyl sites for hydroxylation is 1. The first-order valence-corrected chi connectivity index (χ1v) is 15.4. The molecule has 8 nitrogen and oxygen atoms in total. The molecule has 232 valence electrons. The number of carbonyl (C=O) groups excluding carboxylic acids is 1. The number of alkyl halides is 3. The number of hydrogen-bond donors (Lipinski definition) is 1. The summed E-state index contributed by atoms with van der Waals surface area (Å²) in [5.74, 6) is -0.269. The summed E-state index contributed by atoms with van der Waals surface area (Å²) in [4.78, 5) is 13.5. The largest absolute Gasteiger partial charge is 0.573 e. The fraction of sp³-hybridized carbons (Fsp3) is 0.212. The Morgan fingerprint density at radius 2 is 1.60 bits per heavy atom. The van der Waals surface area contributed by atoms with Crippen molar-refractivity contribution < 1.29 is 35.9 Å². The standard InChI is InChI=1S/C33H28F3N3O5S/c1-22-4-2-7-30(31(22)24-10-12-27(13-11-24)44-33(34,35)36)32(40)38-25-5-3-6-28(20-25)43-26-16-18-39(19-17-26)45(41,42)29-14-8-23(21-37)9-15-29/h2-15,20,26H,16-19H2,1H3,(H,38,40). The highest BCUT2D eigenvalue weighted by atomic mass is 32.2. The van der Waals surface area contributed by atoms with Gasteiger partial charge in [0.2, 0.25) is 10.0 Å². The molecule has 1 N–H and O–H groups in total. The third-order valence-electron chi connectivity index (χ3n) is 7.31. The smallest absolute Gasteiger partial charge is 0.490 e. The fourth-order valence-electron chi connectivity index (χ4n) is 5.14. The van der Waals surface area contributed by atoms with E-state index in [9.17, 15) is 26.4 Å². The average molecular weight is 636 g/mol. The Morgan fingerprint density at radius 1 is 0.933 bits per heavy atom. The Labute approximate surface area is 258 Å². The first-order chi connectivity index (χ1) is 21.4. The SMILES string of the molecule is Cc1cccc(C(=O)Nc2cccc(OC3CCN(S(=O)(=O)c4ccc(C#N)cc4)CC3)c2)c1-c1ccc(OC(F)(F)F)cc1. The topological polar surface area (TPSA) is 109 Å². The molecule has 1 amide bonds. The van der Waals surface area contributed by atoms with Gasteiger partial charge in [-0.2, -0.15) is 9.57 Å². The number of rotatable bonds is 8. The van der Waals surface area contributed by atoms with E-state index in [-0.39, 0.29) is 29.8 Å². The van der Waals surface area contributed by atoms with E-state index in [1.165, 1.54) is 52.8 Å². The molecule has 0 aromatic heterocycles. The fourth-order valence-corrected chi connectivity index (χ4v) is 6.61. The number of nitrogens with one attached hydrogen (secondary N) is 1. The second-order valence-corrected chi connectivity index (χ2v) is 12.3. The Balaban J connectivity index is 1.23. The zero-order valence-corrected chi connectivity index (χ0v) is 24.9. The lowest BCUT2D eigenvalue weighted by molar-refractivity contribution is -0.274. The van der Waals surface area contributed by atoms with Crippen LogP contribution < -0.4 is 14.8 Å². The third kappa shape index (κ3) is 7.63. The molecule has 0 saturated carbocycles. The molecule has 0 unspecified atom stereocenters. The van der Waals surface area contributed by atoms with Gasteiger partial charge in [-0.3, -0.25) is 4.79 Å². The highest BCUT2D eigenvalue weighted by Gasteiger charge is 2.31. The van der Waals surface area contributed by atoms with E-state index < -0.39 is 22.3 Å². The first kappa shape index (κ1) is 31.6. The second-order valence-electron chi connectivity index (χ2n) is 10.4. The molecule has 4 aromatic carbocycles. The van der Waals surface area contributed by atoms with Gasteiger partial charge in [0.05, 0.1) is 16.5 Å². The van der Waals surface area contributed by atoms with Gasteiger partial charge in [-0.15, -0.1) is 13.2 Å². The van der Waals surface area contributed by atoms with Crippen LogP contribution in [0.2, 0.25) is 0 Å². The summed E-state index contributed by atoms with van der Waals surface area (Å²) in [7, 11) is -3.70. The number of nitriles is 1. The van der Waals surface area contributed by atoms with Crippen LogP contribution in [0.4, 0.5) is 18.9 Å². The Kier molecular flexibility index (Phi) is 9.13. The van der Waals surface area contributed by atoms with Crippen molar-refractivity contribution in [3.05, 3.63) is 108 Å². The van der Waals surface area contributed by atoms with Crippen molar-refractivity contribution >= 4 is 21.6 Å². The monoisotopic (exact) mass is 635 g/mol. The van der Waals surface area contributed by atoms with E-state index >= 15 is 0 Å². The van der Waals surface area contributed by atoms with Crippen LogP contribution in [-0.2, 0) is 10.0 Å². The molecule has 0 aliphatic carbocycles. The molecule has 1 fully saturated rings. The maximum absolute atomic E-state index is 13.4. The van der Waals surface area contributed by atoms with E-state index in [1.54, 1.807) is 36.4 Å². The minimum Gasteiger partial charge on any atom is -0.490 e. The molecular formula is C33H28F3N3O5S. The molecule has 1 saturated heterocycles. The van der Waals surface area contributed by atoms with E-state index in [4.69, 9.17) is 10.00 Å². The molecular weight excluding hydrogens is 607 g/mol. The highest BCUT2D eigenvalue weighted by Crippen LogP contribution is 2.32. The number of halogens is 3. The van der Waals surface area contributed by atoms with Gasteiger partial charge < -0.3 is 14.8 Å². The van der Waals surface area contributed by atoms with E-state index in [0.29, 0.717) is 46.5 Å². The van der Waals surface area contributed by atoms with Gasteiger partial charge in [-0.05, 0) is 91.1 Å². The number of benzene rings is 4. The van der Waals surface area contributed by atoms with E-state index in [0.717, 1.165) is 5.56 Å². The molecule has 1 heterocycles. The first-order valence-electron chi connectivity index (χ1n) is 14.0. The number of nitrogens with zero attached hydrogens (tertiary/aromatic N) is 2. The molecule has 0 radical (unpaired) electrons. The van der Waals surface area contributed by atoms with Crippen molar-refractivity contribution in [2.24, 2.45) is 0 Å². The van der Waals surface area contributed by atoms with Gasteiger partial charge in [0.15, 0.2) is 0 Å². The summed E-state index contributed by atoms with van der Waals surface area (Å²) in [5.41, 5.74) is 3.08. The molecule has 12 heteroatoms. The van der Waals surface area contributed by atoms with Gasteiger partial charge >= 0.3 is 6.36 Å². The average Bonchev–Trinajstić information content (AvgIpc) is 3.01. The number of anilines is 1. The Morgan fingerprint density at radius 3 is 2.24 bits per heavy atom. The quantitative estimate of drug-likeness (QED) is 0.225. The Hall–Kier alpha value is -4.86. The maximum atomic E-state index is 13.4. The number of carbonyl (C=O) groups is 1. The van der Waals surface area contributed by atoms with Gasteiger partial charge in [-0.25, -0.2) is 8.42 Å². The van der Waals surface area contributed by atoms with Crippen molar-refractivity contribution in [3.63, 3.8) is 0 Å². The summed E-state index contributed by atoms with van der Waals surface area (Å²) in [6, 6.07) is 25.1. The maximum Gasteiger partial charge on any atom is 0.573 e. The summed E-state index contributed by atoms with van der Waals surface area (Å²) in [5, 5.41) is 11.8. The normalized spacial score (nSPS) is 14.4. The van der Waals surface area contributed by atoms with Crippen LogP contribution in [-0.4, -0.2) is 44.2 Å². The van der Waals surface area contributed by atoms with Gasteiger partial charge in [-0.1, -0.05) is 30.3 Å². The molecule has 1 aliphatic rings. The van der Waals surface area contributed by atoms with Crippen LogP contribution >= 0.6 is 0 Å². The summed E-state index contributed by atoms with van der Waals surface area (Å²) in [6.07, 6.45) is -4.12. The number of amides is 1. The van der Waals surface area contributed by atoms with Gasteiger partial charge in [0, 0.05) is 30.4 Å². The number of ether oxygens (including phenoxy) is 2. The number of piperidine rings is 1. The lowest BCUT2D eigenvalue weighted by Crippen LogP contribution is -2.41. The summed E-state index contributed by atoms with van der Waals surface area (Å²) in [6.45, 7) is 2.34. The van der Waals surface area contributed by atoms with Crippen molar-refractivity contribution in [2.75, 3.05) is 18.4 Å². The van der Waals surface area contributed by atoms with Crippen LogP contribution in [0.5, 0.6) is 11.5 Å². The summed E-state index contributed by atoms with van der Waals surface area (Å²) < 4.78 is 75.3. The van der Waals surface area contributed by atoms with E-state index in [2.05, 4.69) is 10.1 Å². The predicted molar refractivity (Wildman–Crippen MR) is 161 cm³/mol. The molecule has 5 rings (SSSR count). The van der Waals surface area contributed by atoms with Crippen LogP contribution in [0.3, 0.4) is 0 Å². The summed E-state index contributed by atoms with van der Waals surface area (Å²) >= 11 is 0. The number of sulfonamides is 1.